The molecule has 0 aromatic heterocycles. The third-order valence-corrected chi connectivity index (χ3v) is 7.84. The van der Waals surface area contributed by atoms with Crippen molar-refractivity contribution in [2.75, 3.05) is 6.54 Å². The average Bonchev–Trinajstić information content (AvgIpc) is 2.94. The number of carboxylic acid groups (broad SMARTS) is 2. The monoisotopic (exact) mass is 602 g/mol. The maximum Gasteiger partial charge on any atom is 0.356 e. The first-order valence-corrected chi connectivity index (χ1v) is 14.7. The third kappa shape index (κ3) is 9.31. The van der Waals surface area contributed by atoms with Gasteiger partial charge < -0.3 is 20.3 Å². The second kappa shape index (κ2) is 14.6. The molecule has 3 aromatic rings. The number of carbonyl (C=O) groups excluding carboxylic acids is 1. The number of halogens is 1. The van der Waals surface area contributed by atoms with Crippen molar-refractivity contribution in [3.05, 3.63) is 83.4 Å². The number of nitrogens with one attached hydrogen (secondary N) is 2. The normalized spacial score (nSPS) is 12.1. The number of carbonyl (C=O) groups is 3. The fourth-order valence-electron chi connectivity index (χ4n) is 3.90. The molecular weight excluding hydrogens is 572 g/mol. The lowest BCUT2D eigenvalue weighted by atomic mass is 10.1. The number of hydrogen-bond donors (Lipinski definition) is 4. The Bertz CT molecular complexity index is 1430. The number of hydrogen-bond acceptors (Lipinski definition) is 6. The highest BCUT2D eigenvalue weighted by atomic mass is 35.5. The molecule has 0 bridgehead atoms. The van der Waals surface area contributed by atoms with Crippen molar-refractivity contribution in [3.63, 3.8) is 0 Å². The van der Waals surface area contributed by atoms with E-state index in [1.165, 1.54) is 36.4 Å². The summed E-state index contributed by atoms with van der Waals surface area (Å²) in [4.78, 5) is 35.2. The van der Waals surface area contributed by atoms with Crippen LogP contribution in [-0.2, 0) is 30.8 Å². The maximum absolute atomic E-state index is 13.3. The molecule has 4 N–H and O–H groups in total. The van der Waals surface area contributed by atoms with Crippen LogP contribution >= 0.6 is 11.6 Å². The molecule has 0 saturated heterocycles. The van der Waals surface area contributed by atoms with Crippen molar-refractivity contribution in [3.8, 4) is 16.9 Å². The minimum Gasteiger partial charge on any atom is -0.478 e. The van der Waals surface area contributed by atoms with Gasteiger partial charge in [-0.25, -0.2) is 18.0 Å². The van der Waals surface area contributed by atoms with Gasteiger partial charge >= 0.3 is 11.9 Å². The number of sulfonamides is 1. The van der Waals surface area contributed by atoms with Crippen LogP contribution in [0.1, 0.15) is 31.7 Å². The quantitative estimate of drug-likeness (QED) is 0.149. The Labute approximate surface area is 243 Å². The average molecular weight is 603 g/mol. The zero-order chi connectivity index (χ0) is 30.0. The molecule has 218 valence electrons. The molecule has 0 heterocycles. The largest absolute Gasteiger partial charge is 0.478 e. The Balaban J connectivity index is 1.78. The van der Waals surface area contributed by atoms with Crippen LogP contribution in [0.4, 0.5) is 0 Å². The first-order valence-electron chi connectivity index (χ1n) is 12.9. The van der Waals surface area contributed by atoms with E-state index in [9.17, 15) is 22.8 Å². The Morgan fingerprint density at radius 3 is 1.95 bits per heavy atom. The van der Waals surface area contributed by atoms with Gasteiger partial charge in [-0.2, -0.15) is 4.72 Å². The standard InChI is InChI=1S/C29H31ClN2O8S/c1-2-3-4-17-31-27(33)25(18-19-5-13-23(14-6-19)40-26(28(34)35)29(36)37)32-41(38,39)24-15-9-21(10-16-24)20-7-11-22(30)12-8-20/h5-16,25-26,32H,2-4,17-18H2,1H3,(H,31,33)(H,34,35)(H,36,37)/t25-/m0/s1. The first-order chi connectivity index (χ1) is 19.5. The van der Waals surface area contributed by atoms with Crippen molar-refractivity contribution in [1.29, 1.82) is 0 Å². The van der Waals surface area contributed by atoms with Crippen LogP contribution < -0.4 is 14.8 Å². The fraction of sp³-hybridized carbons (Fsp3) is 0.276. The smallest absolute Gasteiger partial charge is 0.356 e. The summed E-state index contributed by atoms with van der Waals surface area (Å²) in [5.74, 6) is -3.82. The number of aliphatic carboxylic acids is 2. The van der Waals surface area contributed by atoms with Gasteiger partial charge in [-0.3, -0.25) is 4.79 Å². The van der Waals surface area contributed by atoms with E-state index in [2.05, 4.69) is 10.0 Å². The van der Waals surface area contributed by atoms with Gasteiger partial charge in [0.1, 0.15) is 11.8 Å². The van der Waals surface area contributed by atoms with Gasteiger partial charge in [0.15, 0.2) is 0 Å². The van der Waals surface area contributed by atoms with E-state index in [-0.39, 0.29) is 17.1 Å². The summed E-state index contributed by atoms with van der Waals surface area (Å²) in [6, 6.07) is 17.9. The van der Waals surface area contributed by atoms with Gasteiger partial charge in [0, 0.05) is 11.6 Å². The predicted octanol–water partition coefficient (Wildman–Crippen LogP) is 4.12. The van der Waals surface area contributed by atoms with Crippen molar-refractivity contribution < 1.29 is 37.8 Å². The van der Waals surface area contributed by atoms with Crippen LogP contribution in [0.5, 0.6) is 5.75 Å². The second-order valence-corrected chi connectivity index (χ2v) is 11.4. The van der Waals surface area contributed by atoms with E-state index in [1.54, 1.807) is 24.3 Å². The lowest BCUT2D eigenvalue weighted by Crippen LogP contribution is -2.48. The van der Waals surface area contributed by atoms with Gasteiger partial charge in [0.25, 0.3) is 6.10 Å². The van der Waals surface area contributed by atoms with Crippen molar-refractivity contribution in [2.24, 2.45) is 0 Å². The Morgan fingerprint density at radius 2 is 1.41 bits per heavy atom. The van der Waals surface area contributed by atoms with Crippen LogP contribution in [0, 0.1) is 0 Å². The molecule has 0 radical (unpaired) electrons. The lowest BCUT2D eigenvalue weighted by Gasteiger charge is -2.19. The van der Waals surface area contributed by atoms with Crippen LogP contribution in [0.2, 0.25) is 5.02 Å². The van der Waals surface area contributed by atoms with Gasteiger partial charge in [-0.05, 0) is 65.9 Å². The molecule has 0 aliphatic rings. The lowest BCUT2D eigenvalue weighted by molar-refractivity contribution is -0.159. The van der Waals surface area contributed by atoms with Crippen LogP contribution in [0.25, 0.3) is 11.1 Å². The van der Waals surface area contributed by atoms with Crippen LogP contribution in [0.15, 0.2) is 77.7 Å². The van der Waals surface area contributed by atoms with E-state index in [4.69, 9.17) is 26.6 Å². The van der Waals surface area contributed by atoms with Crippen molar-refractivity contribution in [1.82, 2.24) is 10.0 Å². The van der Waals surface area contributed by atoms with E-state index in [1.807, 2.05) is 19.1 Å². The number of amides is 1. The molecule has 41 heavy (non-hydrogen) atoms. The third-order valence-electron chi connectivity index (χ3n) is 6.10. The molecule has 10 nitrogen and oxygen atoms in total. The van der Waals surface area contributed by atoms with Gasteiger partial charge in [-0.1, -0.05) is 67.8 Å². The van der Waals surface area contributed by atoms with Gasteiger partial charge in [0.05, 0.1) is 4.90 Å². The molecular formula is C29H31ClN2O8S. The van der Waals surface area contributed by atoms with Crippen LogP contribution in [0.3, 0.4) is 0 Å². The molecule has 0 fully saturated rings. The highest BCUT2D eigenvalue weighted by Crippen LogP contribution is 2.23. The van der Waals surface area contributed by atoms with Crippen molar-refractivity contribution in [2.45, 2.75) is 49.6 Å². The second-order valence-electron chi connectivity index (χ2n) is 9.23. The number of ether oxygens (including phenoxy) is 1. The zero-order valence-electron chi connectivity index (χ0n) is 22.2. The summed E-state index contributed by atoms with van der Waals surface area (Å²) >= 11 is 5.94. The molecule has 3 rings (SSSR count). The summed E-state index contributed by atoms with van der Waals surface area (Å²) in [5, 5.41) is 21.4. The molecule has 0 spiro atoms. The minimum atomic E-state index is -4.10. The first kappa shape index (κ1) is 31.6. The molecule has 0 aliphatic heterocycles. The number of benzene rings is 3. The topological polar surface area (TPSA) is 159 Å². The molecule has 0 aliphatic carbocycles. The predicted molar refractivity (Wildman–Crippen MR) is 153 cm³/mol. The number of unbranched alkanes of at least 4 members (excludes halogenated alkanes) is 2. The summed E-state index contributed by atoms with van der Waals surface area (Å²) in [5.41, 5.74) is 2.19. The zero-order valence-corrected chi connectivity index (χ0v) is 23.8. The molecule has 0 unspecified atom stereocenters. The molecule has 1 amide bonds. The van der Waals surface area contributed by atoms with Gasteiger partial charge in [0.2, 0.25) is 15.9 Å². The van der Waals surface area contributed by atoms with E-state index in [0.717, 1.165) is 30.4 Å². The maximum atomic E-state index is 13.3. The van der Waals surface area contributed by atoms with Crippen LogP contribution in [-0.4, -0.2) is 55.2 Å². The summed E-state index contributed by atoms with van der Waals surface area (Å²) in [7, 11) is -4.10. The number of carboxylic acids is 2. The highest BCUT2D eigenvalue weighted by Gasteiger charge is 2.29. The molecule has 12 heteroatoms. The number of rotatable bonds is 15. The fourth-order valence-corrected chi connectivity index (χ4v) is 5.23. The van der Waals surface area contributed by atoms with E-state index < -0.39 is 40.0 Å². The summed E-state index contributed by atoms with van der Waals surface area (Å²) in [6.45, 7) is 2.42. The molecule has 0 saturated carbocycles. The van der Waals surface area contributed by atoms with Gasteiger partial charge in [-0.15, -0.1) is 0 Å². The SMILES string of the molecule is CCCCCNC(=O)[C@H](Cc1ccc(OC(C(=O)O)C(=O)O)cc1)NS(=O)(=O)c1ccc(-c2ccc(Cl)cc2)cc1. The Morgan fingerprint density at radius 1 is 0.854 bits per heavy atom. The Kier molecular flexibility index (Phi) is 11.3. The van der Waals surface area contributed by atoms with E-state index in [0.29, 0.717) is 17.1 Å². The highest BCUT2D eigenvalue weighted by molar-refractivity contribution is 7.89. The van der Waals surface area contributed by atoms with Crippen molar-refractivity contribution >= 4 is 39.5 Å². The van der Waals surface area contributed by atoms with E-state index >= 15 is 0 Å². The summed E-state index contributed by atoms with van der Waals surface area (Å²) in [6.07, 6.45) is 0.501. The summed E-state index contributed by atoms with van der Waals surface area (Å²) < 4.78 is 34.0. The molecule has 1 atom stereocenters. The minimum absolute atomic E-state index is 0.00882. The molecule has 3 aromatic carbocycles. The Hall–Kier alpha value is -3.93.